The highest BCUT2D eigenvalue weighted by Gasteiger charge is 2.38. The summed E-state index contributed by atoms with van der Waals surface area (Å²) < 4.78 is 0. The molecule has 3 unspecified atom stereocenters. The fourth-order valence-corrected chi connectivity index (χ4v) is 2.89. The Labute approximate surface area is 122 Å². The highest BCUT2D eigenvalue weighted by Crippen LogP contribution is 2.33. The Balaban J connectivity index is 1.84. The molecule has 1 aliphatic carbocycles. The number of aliphatic hydroxyl groups is 1. The molecular weight excluding hydrogens is 252 g/mol. The van der Waals surface area contributed by atoms with E-state index in [4.69, 9.17) is 5.11 Å². The molecule has 2 fully saturated rings. The van der Waals surface area contributed by atoms with Crippen molar-refractivity contribution < 1.29 is 5.11 Å². The third-order valence-electron chi connectivity index (χ3n) is 4.20. The van der Waals surface area contributed by atoms with Gasteiger partial charge in [-0.05, 0) is 39.0 Å². The lowest BCUT2D eigenvalue weighted by molar-refractivity contribution is 0.241. The Bertz CT molecular complexity index is 330. The number of nitrogens with one attached hydrogen (secondary N) is 2. The molecule has 0 aromatic heterocycles. The number of rotatable bonds is 6. The van der Waals surface area contributed by atoms with Crippen LogP contribution in [0.4, 0.5) is 0 Å². The first-order chi connectivity index (χ1) is 9.63. The van der Waals surface area contributed by atoms with Crippen LogP contribution in [0, 0.1) is 5.92 Å². The molecule has 3 N–H and O–H groups in total. The number of hydrogen-bond donors (Lipinski definition) is 3. The summed E-state index contributed by atoms with van der Waals surface area (Å²) in [5.41, 5.74) is 0. The molecule has 1 saturated carbocycles. The molecule has 5 heteroatoms. The van der Waals surface area contributed by atoms with Crippen LogP contribution in [-0.2, 0) is 0 Å². The molecule has 0 radical (unpaired) electrons. The Hall–Kier alpha value is -0.810. The predicted molar refractivity (Wildman–Crippen MR) is 83.0 cm³/mol. The van der Waals surface area contributed by atoms with Crippen LogP contribution in [0.5, 0.6) is 0 Å². The third-order valence-corrected chi connectivity index (χ3v) is 4.20. The van der Waals surface area contributed by atoms with E-state index in [0.717, 1.165) is 25.1 Å². The second-order valence-corrected chi connectivity index (χ2v) is 6.36. The largest absolute Gasteiger partial charge is 0.396 e. The average molecular weight is 282 g/mol. The van der Waals surface area contributed by atoms with E-state index in [1.165, 1.54) is 19.3 Å². The van der Waals surface area contributed by atoms with Crippen molar-refractivity contribution in [2.45, 2.75) is 58.2 Å². The summed E-state index contributed by atoms with van der Waals surface area (Å²) in [5, 5.41) is 15.9. The molecule has 20 heavy (non-hydrogen) atoms. The van der Waals surface area contributed by atoms with Gasteiger partial charge in [-0.15, -0.1) is 0 Å². The monoisotopic (exact) mass is 282 g/mol. The number of aliphatic imine (C=N–C) groups is 1. The van der Waals surface area contributed by atoms with Crippen LogP contribution in [0.15, 0.2) is 4.99 Å². The molecule has 2 aliphatic rings. The second-order valence-electron chi connectivity index (χ2n) is 6.36. The van der Waals surface area contributed by atoms with Gasteiger partial charge < -0.3 is 15.7 Å². The quantitative estimate of drug-likeness (QED) is 0.498. The minimum atomic E-state index is 0.193. The van der Waals surface area contributed by atoms with E-state index in [1.807, 2.05) is 6.92 Å². The van der Waals surface area contributed by atoms with Crippen molar-refractivity contribution >= 4 is 5.96 Å². The highest BCUT2D eigenvalue weighted by atomic mass is 16.3. The summed E-state index contributed by atoms with van der Waals surface area (Å²) in [6.45, 7) is 9.29. The lowest BCUT2D eigenvalue weighted by atomic mass is 10.2. The third kappa shape index (κ3) is 4.35. The van der Waals surface area contributed by atoms with Crippen LogP contribution in [0.2, 0.25) is 0 Å². The van der Waals surface area contributed by atoms with Gasteiger partial charge in [0.05, 0.1) is 0 Å². The molecule has 3 atom stereocenters. The van der Waals surface area contributed by atoms with Crippen molar-refractivity contribution in [2.24, 2.45) is 10.9 Å². The zero-order valence-corrected chi connectivity index (χ0v) is 13.1. The van der Waals surface area contributed by atoms with Gasteiger partial charge in [-0.25, -0.2) is 0 Å². The normalized spacial score (nSPS) is 29.5. The van der Waals surface area contributed by atoms with E-state index in [1.54, 1.807) is 0 Å². The molecule has 0 amide bonds. The smallest absolute Gasteiger partial charge is 0.191 e. The number of aliphatic hydroxyl groups excluding tert-OH is 1. The number of hydrogen-bond acceptors (Lipinski definition) is 3. The Morgan fingerprint density at radius 2 is 2.20 bits per heavy atom. The fourth-order valence-electron chi connectivity index (χ4n) is 2.89. The molecule has 0 bridgehead atoms. The van der Waals surface area contributed by atoms with Gasteiger partial charge >= 0.3 is 0 Å². The molecule has 1 heterocycles. The zero-order valence-electron chi connectivity index (χ0n) is 13.1. The maximum absolute atomic E-state index is 9.08. The standard InChI is InChI=1S/C15H30N4O/c1-4-16-15(17-8-11(2)10-20)18-13-7-12(3)19(9-13)14-5-6-14/h11-14,20H,4-10H2,1-3H3,(H2,16,17,18). The van der Waals surface area contributed by atoms with E-state index in [-0.39, 0.29) is 12.5 Å². The van der Waals surface area contributed by atoms with E-state index in [9.17, 15) is 0 Å². The van der Waals surface area contributed by atoms with Gasteiger partial charge in [0.15, 0.2) is 5.96 Å². The van der Waals surface area contributed by atoms with Crippen molar-refractivity contribution in [2.75, 3.05) is 26.2 Å². The zero-order chi connectivity index (χ0) is 14.5. The van der Waals surface area contributed by atoms with E-state index >= 15 is 0 Å². The summed E-state index contributed by atoms with van der Waals surface area (Å²) in [7, 11) is 0. The van der Waals surface area contributed by atoms with Gasteiger partial charge in [-0.1, -0.05) is 6.92 Å². The van der Waals surface area contributed by atoms with Crippen LogP contribution in [0.25, 0.3) is 0 Å². The number of guanidine groups is 1. The first-order valence-electron chi connectivity index (χ1n) is 8.05. The van der Waals surface area contributed by atoms with Gasteiger partial charge in [0.1, 0.15) is 0 Å². The highest BCUT2D eigenvalue weighted by molar-refractivity contribution is 5.80. The Morgan fingerprint density at radius 3 is 2.80 bits per heavy atom. The minimum Gasteiger partial charge on any atom is -0.396 e. The van der Waals surface area contributed by atoms with E-state index in [0.29, 0.717) is 18.6 Å². The summed E-state index contributed by atoms with van der Waals surface area (Å²) >= 11 is 0. The summed E-state index contributed by atoms with van der Waals surface area (Å²) in [5.74, 6) is 1.11. The van der Waals surface area contributed by atoms with Gasteiger partial charge in [0.2, 0.25) is 0 Å². The van der Waals surface area contributed by atoms with Crippen LogP contribution < -0.4 is 10.6 Å². The molecule has 1 aliphatic heterocycles. The minimum absolute atomic E-state index is 0.193. The molecule has 1 saturated heterocycles. The van der Waals surface area contributed by atoms with E-state index < -0.39 is 0 Å². The van der Waals surface area contributed by atoms with Crippen molar-refractivity contribution in [3.05, 3.63) is 0 Å². The average Bonchev–Trinajstić information content (AvgIpc) is 3.20. The second kappa shape index (κ2) is 7.27. The van der Waals surface area contributed by atoms with Crippen molar-refractivity contribution in [1.82, 2.24) is 15.5 Å². The lowest BCUT2D eigenvalue weighted by Gasteiger charge is -2.20. The molecule has 116 valence electrons. The molecule has 5 nitrogen and oxygen atoms in total. The maximum Gasteiger partial charge on any atom is 0.191 e. The summed E-state index contributed by atoms with van der Waals surface area (Å²) in [6, 6.07) is 2.01. The lowest BCUT2D eigenvalue weighted by Crippen LogP contribution is -2.45. The van der Waals surface area contributed by atoms with Crippen molar-refractivity contribution in [1.29, 1.82) is 0 Å². The van der Waals surface area contributed by atoms with Gasteiger partial charge in [0, 0.05) is 44.4 Å². The Morgan fingerprint density at radius 1 is 1.45 bits per heavy atom. The maximum atomic E-state index is 9.08. The summed E-state index contributed by atoms with van der Waals surface area (Å²) in [6.07, 6.45) is 3.94. The first-order valence-corrected chi connectivity index (χ1v) is 8.05. The van der Waals surface area contributed by atoms with Crippen molar-refractivity contribution in [3.63, 3.8) is 0 Å². The van der Waals surface area contributed by atoms with Crippen LogP contribution >= 0.6 is 0 Å². The van der Waals surface area contributed by atoms with Gasteiger partial charge in [-0.2, -0.15) is 0 Å². The Kier molecular flexibility index (Phi) is 5.66. The van der Waals surface area contributed by atoms with Gasteiger partial charge in [-0.3, -0.25) is 9.89 Å². The van der Waals surface area contributed by atoms with Crippen LogP contribution in [0.1, 0.15) is 40.0 Å². The fraction of sp³-hybridized carbons (Fsp3) is 0.933. The van der Waals surface area contributed by atoms with Crippen molar-refractivity contribution in [3.8, 4) is 0 Å². The molecular formula is C15H30N4O. The first kappa shape index (κ1) is 15.6. The van der Waals surface area contributed by atoms with E-state index in [2.05, 4.69) is 34.4 Å². The van der Waals surface area contributed by atoms with Crippen LogP contribution in [0.3, 0.4) is 0 Å². The molecule has 2 rings (SSSR count). The number of likely N-dealkylation sites (tertiary alicyclic amines) is 1. The molecule has 0 aromatic rings. The van der Waals surface area contributed by atoms with Gasteiger partial charge in [0.25, 0.3) is 0 Å². The molecule has 0 spiro atoms. The SMILES string of the molecule is CCNC(=NCC(C)CO)NC1CC(C)N(C2CC2)C1. The van der Waals surface area contributed by atoms with Crippen LogP contribution in [-0.4, -0.2) is 60.3 Å². The predicted octanol–water partition coefficient (Wildman–Crippen LogP) is 0.795. The molecule has 0 aromatic carbocycles. The topological polar surface area (TPSA) is 59.9 Å². The summed E-state index contributed by atoms with van der Waals surface area (Å²) in [4.78, 5) is 7.21. The number of nitrogens with zero attached hydrogens (tertiary/aromatic N) is 2.